The Morgan fingerprint density at radius 1 is 1.03 bits per heavy atom. The van der Waals surface area contributed by atoms with E-state index < -0.39 is 23.5 Å². The van der Waals surface area contributed by atoms with Crippen LogP contribution in [0.5, 0.6) is 11.5 Å². The summed E-state index contributed by atoms with van der Waals surface area (Å²) in [5, 5.41) is 3.06. The standard InChI is InChI=1S/C23H20F3N7O2/c1-12-9-33(11-29-12)21-19(34-3)4-13(7-27-21)30-23-28-8-20-22(31-23)32(2)18(10-35-20)14-5-16(25)17(26)6-15(14)24/h4-9,11,18H,10H2,1-3H3,(H,28,30,31). The predicted molar refractivity (Wildman–Crippen MR) is 121 cm³/mol. The van der Waals surface area contributed by atoms with E-state index >= 15 is 0 Å². The van der Waals surface area contributed by atoms with Crippen LogP contribution in [0.2, 0.25) is 0 Å². The molecule has 0 fully saturated rings. The van der Waals surface area contributed by atoms with E-state index in [1.165, 1.54) is 13.3 Å². The number of nitrogens with one attached hydrogen (secondary N) is 1. The third-order valence-electron chi connectivity index (χ3n) is 5.60. The van der Waals surface area contributed by atoms with Crippen molar-refractivity contribution in [1.82, 2.24) is 24.5 Å². The van der Waals surface area contributed by atoms with Crippen LogP contribution in [0.3, 0.4) is 0 Å². The van der Waals surface area contributed by atoms with Crippen LogP contribution in [0.4, 0.5) is 30.6 Å². The minimum atomic E-state index is -1.25. The molecule has 4 heterocycles. The Morgan fingerprint density at radius 2 is 1.83 bits per heavy atom. The van der Waals surface area contributed by atoms with Crippen LogP contribution in [0.15, 0.2) is 43.1 Å². The Balaban J connectivity index is 1.42. The molecule has 12 heteroatoms. The number of likely N-dealkylation sites (N-methyl/N-ethyl adjacent to an activating group) is 1. The molecule has 9 nitrogen and oxygen atoms in total. The lowest BCUT2D eigenvalue weighted by atomic mass is 10.0. The number of pyridine rings is 1. The summed E-state index contributed by atoms with van der Waals surface area (Å²) in [5.41, 5.74) is 1.36. The second-order valence-corrected chi connectivity index (χ2v) is 7.90. The minimum absolute atomic E-state index is 0.0118. The van der Waals surface area contributed by atoms with Gasteiger partial charge in [-0.1, -0.05) is 0 Å². The number of anilines is 3. The first-order chi connectivity index (χ1) is 16.8. The number of hydrogen-bond acceptors (Lipinski definition) is 8. The first kappa shape index (κ1) is 22.4. The van der Waals surface area contributed by atoms with Gasteiger partial charge in [-0.05, 0) is 13.0 Å². The number of aromatic nitrogens is 5. The predicted octanol–water partition coefficient (Wildman–Crippen LogP) is 4.11. The summed E-state index contributed by atoms with van der Waals surface area (Å²) in [7, 11) is 3.20. The number of hydrogen-bond donors (Lipinski definition) is 1. The van der Waals surface area contributed by atoms with Crippen molar-refractivity contribution in [3.8, 4) is 17.3 Å². The van der Waals surface area contributed by atoms with Gasteiger partial charge in [0.05, 0.1) is 36.9 Å². The maximum atomic E-state index is 14.4. The minimum Gasteiger partial charge on any atom is -0.493 e. The molecule has 35 heavy (non-hydrogen) atoms. The van der Waals surface area contributed by atoms with Crippen LogP contribution < -0.4 is 19.7 Å². The highest BCUT2D eigenvalue weighted by Crippen LogP contribution is 2.38. The van der Waals surface area contributed by atoms with E-state index in [2.05, 4.69) is 25.3 Å². The van der Waals surface area contributed by atoms with E-state index in [1.807, 2.05) is 13.1 Å². The van der Waals surface area contributed by atoms with Crippen molar-refractivity contribution in [2.24, 2.45) is 0 Å². The zero-order chi connectivity index (χ0) is 24.7. The topological polar surface area (TPSA) is 90.2 Å². The summed E-state index contributed by atoms with van der Waals surface area (Å²) in [4.78, 5) is 19.0. The maximum absolute atomic E-state index is 14.4. The number of imidazole rings is 1. The molecule has 180 valence electrons. The Bertz CT molecular complexity index is 1410. The van der Waals surface area contributed by atoms with E-state index in [4.69, 9.17) is 9.47 Å². The number of nitrogens with zero attached hydrogens (tertiary/aromatic N) is 6. The molecule has 0 bridgehead atoms. The molecule has 1 aliphatic rings. The lowest BCUT2D eigenvalue weighted by Gasteiger charge is -2.35. The average molecular weight is 483 g/mol. The molecule has 1 atom stereocenters. The molecule has 4 aromatic rings. The fraction of sp³-hybridized carbons (Fsp3) is 0.217. The van der Waals surface area contributed by atoms with Crippen molar-refractivity contribution >= 4 is 17.5 Å². The summed E-state index contributed by atoms with van der Waals surface area (Å²) in [5.74, 6) is -1.24. The summed E-state index contributed by atoms with van der Waals surface area (Å²) in [6, 6.07) is 2.37. The molecule has 0 radical (unpaired) electrons. The number of methoxy groups -OCH3 is 1. The molecule has 0 saturated heterocycles. The number of halogens is 3. The van der Waals surface area contributed by atoms with Gasteiger partial charge in [0.2, 0.25) is 5.95 Å². The van der Waals surface area contributed by atoms with Crippen LogP contribution in [0.1, 0.15) is 17.3 Å². The molecule has 5 rings (SSSR count). The molecule has 1 N–H and O–H groups in total. The van der Waals surface area contributed by atoms with Crippen molar-refractivity contribution < 1.29 is 22.6 Å². The molecule has 3 aromatic heterocycles. The third-order valence-corrected chi connectivity index (χ3v) is 5.60. The summed E-state index contributed by atoms with van der Waals surface area (Å²) in [6.45, 7) is 1.89. The van der Waals surface area contributed by atoms with Crippen LogP contribution in [0, 0.1) is 24.4 Å². The van der Waals surface area contributed by atoms with Crippen molar-refractivity contribution in [1.29, 1.82) is 0 Å². The monoisotopic (exact) mass is 483 g/mol. The molecule has 0 spiro atoms. The number of fused-ring (bicyclic) bond motifs is 1. The van der Waals surface area contributed by atoms with E-state index in [0.29, 0.717) is 34.9 Å². The Labute approximate surface area is 198 Å². The van der Waals surface area contributed by atoms with Gasteiger partial charge in [-0.3, -0.25) is 4.57 Å². The SMILES string of the molecule is COc1cc(Nc2ncc3c(n2)N(C)C(c2cc(F)c(F)cc2F)CO3)cnc1-n1cnc(C)c1. The largest absolute Gasteiger partial charge is 0.493 e. The van der Waals surface area contributed by atoms with Gasteiger partial charge in [0.15, 0.2) is 34.8 Å². The van der Waals surface area contributed by atoms with E-state index in [1.54, 1.807) is 35.1 Å². The first-order valence-corrected chi connectivity index (χ1v) is 10.5. The average Bonchev–Trinajstić information content (AvgIpc) is 3.28. The van der Waals surface area contributed by atoms with Crippen LogP contribution >= 0.6 is 0 Å². The molecule has 0 saturated carbocycles. The van der Waals surface area contributed by atoms with Crippen molar-refractivity contribution in [3.63, 3.8) is 0 Å². The quantitative estimate of drug-likeness (QED) is 0.425. The molecular weight excluding hydrogens is 463 g/mol. The first-order valence-electron chi connectivity index (χ1n) is 10.5. The smallest absolute Gasteiger partial charge is 0.229 e. The highest BCUT2D eigenvalue weighted by Gasteiger charge is 2.31. The van der Waals surface area contributed by atoms with Gasteiger partial charge >= 0.3 is 0 Å². The van der Waals surface area contributed by atoms with Crippen molar-refractivity contribution in [2.45, 2.75) is 13.0 Å². The fourth-order valence-electron chi connectivity index (χ4n) is 3.81. The normalized spacial score (nSPS) is 14.9. The lowest BCUT2D eigenvalue weighted by molar-refractivity contribution is 0.261. The zero-order valence-corrected chi connectivity index (χ0v) is 19.0. The van der Waals surface area contributed by atoms with E-state index in [0.717, 1.165) is 11.8 Å². The number of benzene rings is 1. The Hall–Kier alpha value is -4.35. The summed E-state index contributed by atoms with van der Waals surface area (Å²) in [6.07, 6.45) is 6.54. The fourth-order valence-corrected chi connectivity index (χ4v) is 3.81. The molecular formula is C23H20F3N7O2. The highest BCUT2D eigenvalue weighted by atomic mass is 19.2. The van der Waals surface area contributed by atoms with Crippen LogP contribution in [0.25, 0.3) is 5.82 Å². The second kappa shape index (κ2) is 8.78. The van der Waals surface area contributed by atoms with Gasteiger partial charge in [0, 0.05) is 30.9 Å². The van der Waals surface area contributed by atoms with Gasteiger partial charge in [-0.2, -0.15) is 4.98 Å². The van der Waals surface area contributed by atoms with Crippen molar-refractivity contribution in [3.05, 3.63) is 71.8 Å². The molecule has 0 aliphatic carbocycles. The maximum Gasteiger partial charge on any atom is 0.229 e. The van der Waals surface area contributed by atoms with Gasteiger partial charge in [0.1, 0.15) is 18.8 Å². The number of rotatable bonds is 5. The summed E-state index contributed by atoms with van der Waals surface area (Å²) < 4.78 is 54.5. The molecule has 1 unspecified atom stereocenters. The van der Waals surface area contributed by atoms with Crippen LogP contribution in [-0.4, -0.2) is 45.3 Å². The highest BCUT2D eigenvalue weighted by molar-refractivity contribution is 5.62. The molecule has 1 aromatic carbocycles. The molecule has 0 amide bonds. The summed E-state index contributed by atoms with van der Waals surface area (Å²) >= 11 is 0. The van der Waals surface area contributed by atoms with Gasteiger partial charge in [-0.25, -0.2) is 28.1 Å². The Morgan fingerprint density at radius 3 is 2.57 bits per heavy atom. The lowest BCUT2D eigenvalue weighted by Crippen LogP contribution is -2.35. The number of aryl methyl sites for hydroxylation is 1. The third kappa shape index (κ3) is 4.18. The van der Waals surface area contributed by atoms with Crippen molar-refractivity contribution in [2.75, 3.05) is 31.0 Å². The van der Waals surface area contributed by atoms with Gasteiger partial charge < -0.3 is 19.7 Å². The molecule has 1 aliphatic heterocycles. The second-order valence-electron chi connectivity index (χ2n) is 7.90. The van der Waals surface area contributed by atoms with Gasteiger partial charge in [0.25, 0.3) is 0 Å². The van der Waals surface area contributed by atoms with E-state index in [9.17, 15) is 13.2 Å². The van der Waals surface area contributed by atoms with E-state index in [-0.39, 0.29) is 18.1 Å². The van der Waals surface area contributed by atoms with Gasteiger partial charge in [-0.15, -0.1) is 0 Å². The Kier molecular flexibility index (Phi) is 5.63. The van der Waals surface area contributed by atoms with Crippen LogP contribution in [-0.2, 0) is 0 Å². The number of ether oxygens (including phenoxy) is 2. The zero-order valence-electron chi connectivity index (χ0n) is 19.0.